The Balaban J connectivity index is 2.48. The lowest BCUT2D eigenvalue weighted by Gasteiger charge is -2.06. The Kier molecular flexibility index (Phi) is 3.43. The third kappa shape index (κ3) is 2.64. The van der Waals surface area contributed by atoms with E-state index < -0.39 is 0 Å². The molecule has 2 heterocycles. The van der Waals surface area contributed by atoms with Gasteiger partial charge < -0.3 is 0 Å². The Morgan fingerprint density at radius 3 is 2.59 bits per heavy atom. The molecule has 90 valence electrons. The van der Waals surface area contributed by atoms with Gasteiger partial charge in [-0.2, -0.15) is 5.10 Å². The number of nitrogens with zero attached hydrogens (tertiary/aromatic N) is 4. The number of aryl methyl sites for hydroxylation is 3. The van der Waals surface area contributed by atoms with Gasteiger partial charge in [-0.25, -0.2) is 14.6 Å². The highest BCUT2D eigenvalue weighted by atomic mass is 35.5. The fourth-order valence-electron chi connectivity index (χ4n) is 1.76. The molecule has 0 fully saturated rings. The summed E-state index contributed by atoms with van der Waals surface area (Å²) in [6.45, 7) is 6.04. The van der Waals surface area contributed by atoms with Crippen molar-refractivity contribution < 1.29 is 0 Å². The number of aromatic nitrogens is 4. The van der Waals surface area contributed by atoms with Crippen LogP contribution in [0.1, 0.15) is 30.6 Å². The zero-order chi connectivity index (χ0) is 12.4. The summed E-state index contributed by atoms with van der Waals surface area (Å²) in [5.74, 6) is 1.50. The van der Waals surface area contributed by atoms with Crippen molar-refractivity contribution in [2.24, 2.45) is 0 Å². The molecule has 4 nitrogen and oxygen atoms in total. The average Bonchev–Trinajstić information content (AvgIpc) is 2.57. The van der Waals surface area contributed by atoms with Crippen molar-refractivity contribution >= 4 is 11.6 Å². The number of hydrogen-bond donors (Lipinski definition) is 0. The molecule has 2 aromatic heterocycles. The minimum Gasteiger partial charge on any atom is -0.221 e. The van der Waals surface area contributed by atoms with E-state index in [4.69, 9.17) is 11.6 Å². The van der Waals surface area contributed by atoms with Crippen LogP contribution in [0.4, 0.5) is 0 Å². The predicted octanol–water partition coefficient (Wildman–Crippen LogP) is 2.89. The monoisotopic (exact) mass is 250 g/mol. The standard InChI is InChI=1S/C12H15ClN4/c1-4-5-11-14-10(13)7-12(15-11)17-9(3)6-8(2)16-17/h6-7H,4-5H2,1-3H3. The van der Waals surface area contributed by atoms with Crippen LogP contribution in [0, 0.1) is 13.8 Å². The Bertz CT molecular complexity index is 533. The van der Waals surface area contributed by atoms with E-state index in [0.717, 1.165) is 35.9 Å². The van der Waals surface area contributed by atoms with Crippen molar-refractivity contribution in [3.05, 3.63) is 34.5 Å². The zero-order valence-corrected chi connectivity index (χ0v) is 11.0. The van der Waals surface area contributed by atoms with Crippen LogP contribution in [-0.2, 0) is 6.42 Å². The van der Waals surface area contributed by atoms with Crippen LogP contribution in [0.25, 0.3) is 5.82 Å². The predicted molar refractivity (Wildman–Crippen MR) is 67.6 cm³/mol. The van der Waals surface area contributed by atoms with Crippen LogP contribution in [0.15, 0.2) is 12.1 Å². The molecule has 0 spiro atoms. The van der Waals surface area contributed by atoms with Gasteiger partial charge in [0.05, 0.1) is 5.69 Å². The van der Waals surface area contributed by atoms with E-state index in [1.165, 1.54) is 0 Å². The third-order valence-corrected chi connectivity index (χ3v) is 2.62. The normalized spacial score (nSPS) is 10.8. The second kappa shape index (κ2) is 4.84. The quantitative estimate of drug-likeness (QED) is 0.787. The zero-order valence-electron chi connectivity index (χ0n) is 10.2. The van der Waals surface area contributed by atoms with Gasteiger partial charge in [0.2, 0.25) is 0 Å². The highest BCUT2D eigenvalue weighted by molar-refractivity contribution is 6.29. The van der Waals surface area contributed by atoms with Gasteiger partial charge in [-0.1, -0.05) is 18.5 Å². The smallest absolute Gasteiger partial charge is 0.158 e. The summed E-state index contributed by atoms with van der Waals surface area (Å²) in [5.41, 5.74) is 2.01. The highest BCUT2D eigenvalue weighted by Gasteiger charge is 2.08. The topological polar surface area (TPSA) is 43.6 Å². The molecule has 0 unspecified atom stereocenters. The summed E-state index contributed by atoms with van der Waals surface area (Å²) >= 11 is 6.00. The molecule has 0 aliphatic carbocycles. The van der Waals surface area contributed by atoms with Gasteiger partial charge >= 0.3 is 0 Å². The largest absolute Gasteiger partial charge is 0.221 e. The van der Waals surface area contributed by atoms with Gasteiger partial charge in [-0.3, -0.25) is 0 Å². The minimum atomic E-state index is 0.464. The van der Waals surface area contributed by atoms with Crippen LogP contribution >= 0.6 is 11.6 Å². The SMILES string of the molecule is CCCc1nc(Cl)cc(-n2nc(C)cc2C)n1. The lowest BCUT2D eigenvalue weighted by atomic mass is 10.3. The average molecular weight is 251 g/mol. The van der Waals surface area contributed by atoms with E-state index in [9.17, 15) is 0 Å². The van der Waals surface area contributed by atoms with Crippen LogP contribution in [0.5, 0.6) is 0 Å². The van der Waals surface area contributed by atoms with Crippen molar-refractivity contribution in [3.63, 3.8) is 0 Å². The van der Waals surface area contributed by atoms with Crippen LogP contribution < -0.4 is 0 Å². The fourth-order valence-corrected chi connectivity index (χ4v) is 1.95. The van der Waals surface area contributed by atoms with Gasteiger partial charge in [-0.15, -0.1) is 0 Å². The van der Waals surface area contributed by atoms with Crippen molar-refractivity contribution in [2.75, 3.05) is 0 Å². The Labute approximate surface area is 106 Å². The summed E-state index contributed by atoms with van der Waals surface area (Å²) < 4.78 is 1.79. The lowest BCUT2D eigenvalue weighted by molar-refractivity contribution is 0.766. The lowest BCUT2D eigenvalue weighted by Crippen LogP contribution is -2.06. The van der Waals surface area contributed by atoms with Gasteiger partial charge in [-0.05, 0) is 26.3 Å². The summed E-state index contributed by atoms with van der Waals surface area (Å²) in [7, 11) is 0. The molecule has 2 rings (SSSR count). The van der Waals surface area contributed by atoms with Crippen molar-refractivity contribution in [3.8, 4) is 5.82 Å². The van der Waals surface area contributed by atoms with Crippen molar-refractivity contribution in [1.82, 2.24) is 19.7 Å². The fraction of sp³-hybridized carbons (Fsp3) is 0.417. The summed E-state index contributed by atoms with van der Waals surface area (Å²) in [5, 5.41) is 4.85. The first-order valence-electron chi connectivity index (χ1n) is 5.67. The summed E-state index contributed by atoms with van der Waals surface area (Å²) in [6.07, 6.45) is 1.82. The molecule has 0 aliphatic rings. The molecule has 0 aliphatic heterocycles. The Hall–Kier alpha value is -1.42. The number of halogens is 1. The van der Waals surface area contributed by atoms with Crippen LogP contribution in [0.3, 0.4) is 0 Å². The molecule has 0 N–H and O–H groups in total. The highest BCUT2D eigenvalue weighted by Crippen LogP contribution is 2.14. The molecule has 0 bridgehead atoms. The molecule has 0 saturated carbocycles. The van der Waals surface area contributed by atoms with Crippen molar-refractivity contribution in [2.45, 2.75) is 33.6 Å². The minimum absolute atomic E-state index is 0.464. The van der Waals surface area contributed by atoms with E-state index in [2.05, 4.69) is 22.0 Å². The number of hydrogen-bond acceptors (Lipinski definition) is 3. The van der Waals surface area contributed by atoms with Gasteiger partial charge in [0.25, 0.3) is 0 Å². The second-order valence-corrected chi connectivity index (χ2v) is 4.44. The Morgan fingerprint density at radius 1 is 1.24 bits per heavy atom. The Morgan fingerprint density at radius 2 is 2.00 bits per heavy atom. The molecule has 0 saturated heterocycles. The van der Waals surface area contributed by atoms with E-state index >= 15 is 0 Å². The first-order valence-corrected chi connectivity index (χ1v) is 6.05. The third-order valence-electron chi connectivity index (χ3n) is 2.43. The molecule has 2 aromatic rings. The van der Waals surface area contributed by atoms with E-state index in [1.807, 2.05) is 19.9 Å². The second-order valence-electron chi connectivity index (χ2n) is 4.05. The van der Waals surface area contributed by atoms with Gasteiger partial charge in [0, 0.05) is 18.2 Å². The van der Waals surface area contributed by atoms with Crippen molar-refractivity contribution in [1.29, 1.82) is 0 Å². The van der Waals surface area contributed by atoms with Gasteiger partial charge in [0.1, 0.15) is 11.0 Å². The molecule has 0 aromatic carbocycles. The molecular formula is C12H15ClN4. The molecular weight excluding hydrogens is 236 g/mol. The maximum Gasteiger partial charge on any atom is 0.158 e. The van der Waals surface area contributed by atoms with E-state index in [-0.39, 0.29) is 0 Å². The first kappa shape index (κ1) is 12.0. The molecule has 17 heavy (non-hydrogen) atoms. The van der Waals surface area contributed by atoms with Crippen LogP contribution in [-0.4, -0.2) is 19.7 Å². The molecule has 0 amide bonds. The summed E-state index contributed by atoms with van der Waals surface area (Å²) in [6, 6.07) is 3.75. The first-order chi connectivity index (χ1) is 8.10. The maximum atomic E-state index is 6.00. The van der Waals surface area contributed by atoms with E-state index in [0.29, 0.717) is 5.15 Å². The molecule has 5 heteroatoms. The number of rotatable bonds is 3. The molecule has 0 atom stereocenters. The maximum absolute atomic E-state index is 6.00. The van der Waals surface area contributed by atoms with E-state index in [1.54, 1.807) is 10.7 Å². The van der Waals surface area contributed by atoms with Gasteiger partial charge in [0.15, 0.2) is 5.82 Å². The summed E-state index contributed by atoms with van der Waals surface area (Å²) in [4.78, 5) is 8.67. The molecule has 0 radical (unpaired) electrons. The van der Waals surface area contributed by atoms with Crippen LogP contribution in [0.2, 0.25) is 5.15 Å².